The normalized spacial score (nSPS) is 15.4. The van der Waals surface area contributed by atoms with Crippen LogP contribution in [-0.2, 0) is 11.4 Å². The Morgan fingerprint density at radius 2 is 2.04 bits per heavy atom. The Hall–Kier alpha value is -2.25. The zero-order valence-electron chi connectivity index (χ0n) is 13.4. The highest BCUT2D eigenvalue weighted by atomic mass is 79.9. The number of amidine groups is 1. The summed E-state index contributed by atoms with van der Waals surface area (Å²) in [7, 11) is 1.57. The van der Waals surface area contributed by atoms with Gasteiger partial charge in [-0.2, -0.15) is 4.99 Å². The van der Waals surface area contributed by atoms with E-state index in [0.29, 0.717) is 23.0 Å². The average Bonchev–Trinajstić information content (AvgIpc) is 2.91. The first-order chi connectivity index (χ1) is 12.1. The van der Waals surface area contributed by atoms with Crippen molar-refractivity contribution in [2.75, 3.05) is 7.11 Å². The van der Waals surface area contributed by atoms with E-state index in [1.165, 1.54) is 0 Å². The van der Waals surface area contributed by atoms with E-state index >= 15 is 0 Å². The summed E-state index contributed by atoms with van der Waals surface area (Å²) in [5.74, 6) is 0.846. The van der Waals surface area contributed by atoms with Gasteiger partial charge in [0.1, 0.15) is 6.61 Å². The molecule has 0 atom stereocenters. The van der Waals surface area contributed by atoms with E-state index < -0.39 is 0 Å². The summed E-state index contributed by atoms with van der Waals surface area (Å²) >= 11 is 4.66. The molecule has 25 heavy (non-hydrogen) atoms. The third-order valence-corrected chi connectivity index (χ3v) is 4.81. The third-order valence-electron chi connectivity index (χ3n) is 3.41. The van der Waals surface area contributed by atoms with Crippen LogP contribution in [0.1, 0.15) is 11.1 Å². The minimum Gasteiger partial charge on any atom is -0.493 e. The molecule has 1 aliphatic heterocycles. The summed E-state index contributed by atoms with van der Waals surface area (Å²) in [6, 6.07) is 13.5. The number of rotatable bonds is 5. The lowest BCUT2D eigenvalue weighted by atomic mass is 10.2. The van der Waals surface area contributed by atoms with E-state index in [2.05, 4.69) is 20.9 Å². The van der Waals surface area contributed by atoms with Crippen LogP contribution in [0.4, 0.5) is 0 Å². The van der Waals surface area contributed by atoms with Crippen molar-refractivity contribution in [3.05, 3.63) is 63.0 Å². The lowest BCUT2D eigenvalue weighted by molar-refractivity contribution is -0.113. The Kier molecular flexibility index (Phi) is 5.45. The molecule has 0 unspecified atom stereocenters. The van der Waals surface area contributed by atoms with Gasteiger partial charge in [0.2, 0.25) is 0 Å². The maximum absolute atomic E-state index is 11.7. The molecule has 2 aromatic carbocycles. The molecule has 0 saturated heterocycles. The molecule has 5 nitrogen and oxygen atoms in total. The minimum absolute atomic E-state index is 0.255. The highest BCUT2D eigenvalue weighted by molar-refractivity contribution is 9.10. The zero-order chi connectivity index (χ0) is 17.8. The van der Waals surface area contributed by atoms with Gasteiger partial charge < -0.3 is 15.2 Å². The average molecular weight is 419 g/mol. The molecular formula is C18H15BrN2O3S. The number of benzene rings is 2. The number of aliphatic imine (C=N–C) groups is 1. The summed E-state index contributed by atoms with van der Waals surface area (Å²) in [4.78, 5) is 15.9. The van der Waals surface area contributed by atoms with E-state index in [1.807, 2.05) is 36.4 Å². The second kappa shape index (κ2) is 7.76. The number of hydrogen-bond acceptors (Lipinski definition) is 5. The van der Waals surface area contributed by atoms with Gasteiger partial charge in [-0.3, -0.25) is 4.79 Å². The number of hydrogen-bond donors (Lipinski definition) is 1. The number of amides is 1. The van der Waals surface area contributed by atoms with Crippen molar-refractivity contribution in [1.82, 2.24) is 0 Å². The summed E-state index contributed by atoms with van der Waals surface area (Å²) in [6.07, 6.45) is 1.73. The topological polar surface area (TPSA) is 73.9 Å². The van der Waals surface area contributed by atoms with Crippen molar-refractivity contribution in [2.45, 2.75) is 6.61 Å². The zero-order valence-corrected chi connectivity index (χ0v) is 15.8. The van der Waals surface area contributed by atoms with Crippen LogP contribution >= 0.6 is 27.7 Å². The number of ether oxygens (including phenoxy) is 2. The largest absolute Gasteiger partial charge is 0.493 e. The van der Waals surface area contributed by atoms with Crippen LogP contribution in [0.2, 0.25) is 0 Å². The van der Waals surface area contributed by atoms with E-state index in [9.17, 15) is 4.79 Å². The highest BCUT2D eigenvalue weighted by Crippen LogP contribution is 2.38. The summed E-state index contributed by atoms with van der Waals surface area (Å²) in [5.41, 5.74) is 7.42. The van der Waals surface area contributed by atoms with E-state index in [0.717, 1.165) is 27.4 Å². The fourth-order valence-corrected chi connectivity index (χ4v) is 3.53. The van der Waals surface area contributed by atoms with Crippen LogP contribution in [0.15, 0.2) is 56.8 Å². The van der Waals surface area contributed by atoms with Gasteiger partial charge >= 0.3 is 0 Å². The quantitative estimate of drug-likeness (QED) is 0.743. The van der Waals surface area contributed by atoms with E-state index in [4.69, 9.17) is 15.2 Å². The number of thioether (sulfide) groups is 1. The number of methoxy groups -OCH3 is 1. The van der Waals surface area contributed by atoms with Crippen molar-refractivity contribution < 1.29 is 14.3 Å². The second-order valence-electron chi connectivity index (χ2n) is 5.17. The van der Waals surface area contributed by atoms with Gasteiger partial charge in [-0.05, 0) is 57.0 Å². The molecule has 0 radical (unpaired) electrons. The maximum Gasteiger partial charge on any atom is 0.286 e. The Bertz CT molecular complexity index is 866. The number of carbonyl (C=O) groups excluding carboxylic acids is 1. The fraction of sp³-hybridized carbons (Fsp3) is 0.111. The van der Waals surface area contributed by atoms with Crippen LogP contribution in [0.3, 0.4) is 0 Å². The van der Waals surface area contributed by atoms with Gasteiger partial charge in [0, 0.05) is 0 Å². The summed E-state index contributed by atoms with van der Waals surface area (Å²) in [6.45, 7) is 0.426. The fourth-order valence-electron chi connectivity index (χ4n) is 2.27. The maximum atomic E-state index is 11.7. The molecule has 0 bridgehead atoms. The molecule has 0 fully saturated rings. The van der Waals surface area contributed by atoms with E-state index in [1.54, 1.807) is 19.3 Å². The standard InChI is InChI=1S/C18H15BrN2O3S/c1-23-14-8-12(9-15-17(22)21-18(20)25-15)7-13(19)16(14)24-10-11-5-3-2-4-6-11/h2-9H,10H2,1H3,(H2,20,21,22)/b15-9+. The van der Waals surface area contributed by atoms with Crippen LogP contribution in [0.5, 0.6) is 11.5 Å². The monoisotopic (exact) mass is 418 g/mol. The summed E-state index contributed by atoms with van der Waals surface area (Å²) in [5, 5.41) is 0.255. The second-order valence-corrected chi connectivity index (χ2v) is 7.09. The van der Waals surface area contributed by atoms with Gasteiger partial charge in [0.05, 0.1) is 16.5 Å². The van der Waals surface area contributed by atoms with Crippen LogP contribution in [-0.4, -0.2) is 18.2 Å². The summed E-state index contributed by atoms with van der Waals surface area (Å²) < 4.78 is 12.1. The molecule has 0 aromatic heterocycles. The lowest BCUT2D eigenvalue weighted by Crippen LogP contribution is -2.01. The van der Waals surface area contributed by atoms with Gasteiger partial charge in [-0.25, -0.2) is 0 Å². The Labute approximate surface area is 158 Å². The van der Waals surface area contributed by atoms with Crippen molar-refractivity contribution >= 4 is 44.8 Å². The number of nitrogens with two attached hydrogens (primary N) is 1. The first kappa shape index (κ1) is 17.6. The molecule has 7 heteroatoms. The first-order valence-electron chi connectivity index (χ1n) is 7.39. The number of halogens is 1. The van der Waals surface area contributed by atoms with Gasteiger partial charge in [0.15, 0.2) is 16.7 Å². The molecule has 0 spiro atoms. The molecule has 1 amide bonds. The van der Waals surface area contributed by atoms with Crippen molar-refractivity contribution in [3.8, 4) is 11.5 Å². The smallest absolute Gasteiger partial charge is 0.286 e. The molecule has 2 N–H and O–H groups in total. The Morgan fingerprint density at radius 1 is 1.28 bits per heavy atom. The SMILES string of the molecule is COc1cc(/C=C2/SC(N)=NC2=O)cc(Br)c1OCc1ccccc1. The number of nitrogens with zero attached hydrogens (tertiary/aromatic N) is 1. The van der Waals surface area contributed by atoms with Gasteiger partial charge in [-0.15, -0.1) is 0 Å². The predicted molar refractivity (Wildman–Crippen MR) is 104 cm³/mol. The molecule has 2 aromatic rings. The first-order valence-corrected chi connectivity index (χ1v) is 9.00. The van der Waals surface area contributed by atoms with Crippen LogP contribution in [0.25, 0.3) is 6.08 Å². The molecule has 1 heterocycles. The molecule has 0 saturated carbocycles. The van der Waals surface area contributed by atoms with Gasteiger partial charge in [-0.1, -0.05) is 30.3 Å². The van der Waals surface area contributed by atoms with E-state index in [-0.39, 0.29) is 11.1 Å². The number of carbonyl (C=O) groups is 1. The molecular weight excluding hydrogens is 404 g/mol. The highest BCUT2D eigenvalue weighted by Gasteiger charge is 2.20. The molecule has 1 aliphatic rings. The third kappa shape index (κ3) is 4.24. The van der Waals surface area contributed by atoms with Crippen LogP contribution < -0.4 is 15.2 Å². The minimum atomic E-state index is -0.331. The molecule has 0 aliphatic carbocycles. The Morgan fingerprint density at radius 3 is 2.68 bits per heavy atom. The van der Waals surface area contributed by atoms with Crippen LogP contribution in [0, 0.1) is 0 Å². The Balaban J connectivity index is 1.84. The van der Waals surface area contributed by atoms with Crippen molar-refractivity contribution in [1.29, 1.82) is 0 Å². The van der Waals surface area contributed by atoms with Crippen molar-refractivity contribution in [3.63, 3.8) is 0 Å². The lowest BCUT2D eigenvalue weighted by Gasteiger charge is -2.14. The van der Waals surface area contributed by atoms with Crippen molar-refractivity contribution in [2.24, 2.45) is 10.7 Å². The predicted octanol–water partition coefficient (Wildman–Crippen LogP) is 3.97. The molecule has 3 rings (SSSR count). The molecule has 128 valence electrons. The van der Waals surface area contributed by atoms with Gasteiger partial charge in [0.25, 0.3) is 5.91 Å².